The summed E-state index contributed by atoms with van der Waals surface area (Å²) in [6, 6.07) is 9.63. The monoisotopic (exact) mass is 439 g/mol. The summed E-state index contributed by atoms with van der Waals surface area (Å²) >= 11 is 0. The predicted molar refractivity (Wildman–Crippen MR) is 120 cm³/mol. The molecule has 0 saturated carbocycles. The van der Waals surface area contributed by atoms with Crippen LogP contribution in [0.1, 0.15) is 25.8 Å². The van der Waals surface area contributed by atoms with Gasteiger partial charge in [-0.2, -0.15) is 0 Å². The fourth-order valence-electron chi connectivity index (χ4n) is 4.00. The summed E-state index contributed by atoms with van der Waals surface area (Å²) in [5, 5.41) is 2.88. The van der Waals surface area contributed by atoms with E-state index in [-0.39, 0.29) is 18.0 Å². The molecule has 1 spiro atoms. The summed E-state index contributed by atoms with van der Waals surface area (Å²) in [6.45, 7) is 9.83. The predicted octanol–water partition coefficient (Wildman–Crippen LogP) is 3.72. The van der Waals surface area contributed by atoms with Crippen molar-refractivity contribution < 1.29 is 23.5 Å². The van der Waals surface area contributed by atoms with Gasteiger partial charge in [0.05, 0.1) is 5.70 Å². The first kappa shape index (κ1) is 21.7. The minimum atomic E-state index is -2.15. The average molecular weight is 440 g/mol. The number of hydrogen-bond donors (Lipinski definition) is 1. The Balaban J connectivity index is 1.70. The Hall–Kier alpha value is -2.48. The van der Waals surface area contributed by atoms with Crippen molar-refractivity contribution in [1.82, 2.24) is 5.32 Å². The van der Waals surface area contributed by atoms with E-state index < -0.39 is 25.9 Å². The van der Waals surface area contributed by atoms with Crippen molar-refractivity contribution in [1.29, 1.82) is 0 Å². The minimum Gasteiger partial charge on any atom is -0.467 e. The number of nitrogens with one attached hydrogen (secondary N) is 1. The van der Waals surface area contributed by atoms with E-state index in [0.29, 0.717) is 17.0 Å². The number of benzene rings is 1. The molecule has 3 aliphatic rings. The van der Waals surface area contributed by atoms with Gasteiger partial charge in [-0.15, -0.1) is 0 Å². The lowest BCUT2D eigenvalue weighted by atomic mass is 9.90. The van der Waals surface area contributed by atoms with Gasteiger partial charge in [-0.05, 0) is 44.6 Å². The molecular weight excluding hydrogens is 410 g/mol. The fraction of sp³-hybridized carbons (Fsp3) is 0.417. The second kappa shape index (κ2) is 7.89. The third-order valence-electron chi connectivity index (χ3n) is 5.50. The van der Waals surface area contributed by atoms with Crippen molar-refractivity contribution in [2.45, 2.75) is 63.8 Å². The van der Waals surface area contributed by atoms with Gasteiger partial charge in [0.25, 0.3) is 11.5 Å². The van der Waals surface area contributed by atoms with Crippen molar-refractivity contribution in [3.8, 4) is 0 Å². The molecular formula is C24H29NO5Si. The number of epoxide rings is 1. The van der Waals surface area contributed by atoms with E-state index >= 15 is 0 Å². The van der Waals surface area contributed by atoms with Crippen LogP contribution in [0.25, 0.3) is 6.08 Å². The second-order valence-corrected chi connectivity index (χ2v) is 13.5. The Bertz CT molecular complexity index is 991. The first-order valence-corrected chi connectivity index (χ1v) is 14.1. The number of amides is 1. The number of rotatable bonds is 6. The van der Waals surface area contributed by atoms with Gasteiger partial charge in [0.1, 0.15) is 24.1 Å². The quantitative estimate of drug-likeness (QED) is 0.316. The third kappa shape index (κ3) is 3.93. The van der Waals surface area contributed by atoms with E-state index in [1.54, 1.807) is 6.92 Å². The van der Waals surface area contributed by atoms with Crippen molar-refractivity contribution >= 4 is 26.1 Å². The first-order chi connectivity index (χ1) is 14.7. The topological polar surface area (TPSA) is 77.2 Å². The average Bonchev–Trinajstić information content (AvgIpc) is 3.38. The summed E-state index contributed by atoms with van der Waals surface area (Å²) in [7, 11) is -2.15. The molecule has 0 bridgehead atoms. The van der Waals surface area contributed by atoms with Gasteiger partial charge in [-0.25, -0.2) is 0 Å². The zero-order chi connectivity index (χ0) is 22.4. The van der Waals surface area contributed by atoms with Crippen molar-refractivity contribution in [3.63, 3.8) is 0 Å². The highest BCUT2D eigenvalue weighted by atomic mass is 28.4. The van der Waals surface area contributed by atoms with Crippen LogP contribution in [0.3, 0.4) is 0 Å². The van der Waals surface area contributed by atoms with E-state index in [9.17, 15) is 9.59 Å². The summed E-state index contributed by atoms with van der Waals surface area (Å²) < 4.78 is 18.4. The highest BCUT2D eigenvalue weighted by Gasteiger charge is 2.67. The number of ether oxygens (including phenoxy) is 2. The molecule has 3 aliphatic heterocycles. The zero-order valence-corrected chi connectivity index (χ0v) is 19.6. The van der Waals surface area contributed by atoms with Crippen molar-refractivity contribution in [2.24, 2.45) is 0 Å². The highest BCUT2D eigenvalue weighted by molar-refractivity contribution is 6.69. The summed E-state index contributed by atoms with van der Waals surface area (Å²) in [5.74, 6) is -0.400. The lowest BCUT2D eigenvalue weighted by Crippen LogP contribution is -2.55. The van der Waals surface area contributed by atoms with Crippen LogP contribution in [-0.2, 0) is 23.5 Å². The number of hydrogen-bond acceptors (Lipinski definition) is 5. The molecule has 6 nitrogen and oxygen atoms in total. The minimum absolute atomic E-state index is 0.131. The van der Waals surface area contributed by atoms with Gasteiger partial charge in [-0.3, -0.25) is 9.59 Å². The van der Waals surface area contributed by atoms with E-state index in [0.717, 1.165) is 12.0 Å². The van der Waals surface area contributed by atoms with Gasteiger partial charge < -0.3 is 19.2 Å². The molecule has 7 heteroatoms. The SMILES string of the molecule is CC/C=C\[C@H]1O[C@@H]1C1=C(C)C(=O)[C@]2(O1)C(=O)N/C(=C\c1ccccc1)[C@@H]2O[Si](C)(C)C. The number of Topliss-reactive ketones (excluding diaryl/α,β-unsaturated/α-hetero) is 1. The van der Waals surface area contributed by atoms with Crippen molar-refractivity contribution in [3.05, 3.63) is 65.1 Å². The Morgan fingerprint density at radius 1 is 1.19 bits per heavy atom. The van der Waals surface area contributed by atoms with Crippen LogP contribution in [0.4, 0.5) is 0 Å². The van der Waals surface area contributed by atoms with Crippen LogP contribution in [-0.4, -0.2) is 43.9 Å². The molecule has 31 heavy (non-hydrogen) atoms. The molecule has 2 saturated heterocycles. The molecule has 0 unspecified atom stereocenters. The van der Waals surface area contributed by atoms with Gasteiger partial charge in [0.15, 0.2) is 8.32 Å². The molecule has 164 valence electrons. The Kier molecular flexibility index (Phi) is 5.53. The van der Waals surface area contributed by atoms with E-state index in [1.807, 2.05) is 75.1 Å². The van der Waals surface area contributed by atoms with Gasteiger partial charge in [0.2, 0.25) is 5.78 Å². The maximum atomic E-state index is 13.5. The van der Waals surface area contributed by atoms with Crippen LogP contribution in [0.15, 0.2) is 59.5 Å². The molecule has 3 heterocycles. The Morgan fingerprint density at radius 3 is 2.55 bits per heavy atom. The highest BCUT2D eigenvalue weighted by Crippen LogP contribution is 2.47. The van der Waals surface area contributed by atoms with E-state index in [2.05, 4.69) is 5.32 Å². The third-order valence-corrected chi connectivity index (χ3v) is 6.45. The number of allylic oxidation sites excluding steroid dienone is 1. The molecule has 0 aromatic heterocycles. The molecule has 1 aromatic rings. The molecule has 0 radical (unpaired) electrons. The van der Waals surface area contributed by atoms with Crippen molar-refractivity contribution in [2.75, 3.05) is 0 Å². The molecule has 2 fully saturated rings. The first-order valence-electron chi connectivity index (χ1n) is 10.7. The summed E-state index contributed by atoms with van der Waals surface area (Å²) in [6.07, 6.45) is 5.43. The number of ketones is 1. The second-order valence-electron chi connectivity index (χ2n) is 9.09. The molecule has 1 aromatic carbocycles. The van der Waals surface area contributed by atoms with Crippen LogP contribution in [0.5, 0.6) is 0 Å². The standard InChI is InChI=1S/C24H29NO5Si/c1-6-7-13-18-20(28-18)19-15(2)21(26)24(29-19)22(30-31(3,4)5)17(25-23(24)27)14-16-11-9-8-10-12-16/h7-14,18,20,22H,6H2,1-5H3,(H,25,27)/b13-7-,17-14-/t18-,20+,22+,24-/m1/s1. The molecule has 1 amide bonds. The summed E-state index contributed by atoms with van der Waals surface area (Å²) in [5.41, 5.74) is 0.133. The Morgan fingerprint density at radius 2 is 1.90 bits per heavy atom. The molecule has 4 rings (SSSR count). The fourth-order valence-corrected chi connectivity index (χ4v) is 5.00. The largest absolute Gasteiger partial charge is 0.467 e. The smallest absolute Gasteiger partial charge is 0.279 e. The van der Waals surface area contributed by atoms with Gasteiger partial charge in [0, 0.05) is 5.57 Å². The maximum absolute atomic E-state index is 13.5. The number of carbonyl (C=O) groups excluding carboxylic acids is 2. The van der Waals surface area contributed by atoms with E-state index in [4.69, 9.17) is 13.9 Å². The van der Waals surface area contributed by atoms with Crippen LogP contribution < -0.4 is 5.32 Å². The molecule has 1 N–H and O–H groups in total. The summed E-state index contributed by atoms with van der Waals surface area (Å²) in [4.78, 5) is 26.7. The lowest BCUT2D eigenvalue weighted by Gasteiger charge is -2.32. The van der Waals surface area contributed by atoms with Crippen LogP contribution in [0.2, 0.25) is 19.6 Å². The van der Waals surface area contributed by atoms with E-state index in [1.165, 1.54) is 0 Å². The van der Waals surface area contributed by atoms with Gasteiger partial charge >= 0.3 is 0 Å². The number of carbonyl (C=O) groups is 2. The lowest BCUT2D eigenvalue weighted by molar-refractivity contribution is -0.151. The Labute approximate surface area is 184 Å². The normalized spacial score (nSPS) is 31.8. The van der Waals surface area contributed by atoms with Crippen LogP contribution >= 0.6 is 0 Å². The van der Waals surface area contributed by atoms with Crippen LogP contribution in [0, 0.1) is 0 Å². The van der Waals surface area contributed by atoms with Gasteiger partial charge in [-0.1, -0.05) is 49.4 Å². The zero-order valence-electron chi connectivity index (χ0n) is 18.6. The maximum Gasteiger partial charge on any atom is 0.279 e. The molecule has 0 aliphatic carbocycles. The molecule has 4 atom stereocenters.